The average Bonchev–Trinajstić information content (AvgIpc) is 3.03. The molecule has 0 atom stereocenters. The number of halogens is 2. The van der Waals surface area contributed by atoms with Crippen molar-refractivity contribution in [2.45, 2.75) is 11.6 Å². The molecule has 1 heterocycles. The predicted molar refractivity (Wildman–Crippen MR) is 99.4 cm³/mol. The molecule has 0 bridgehead atoms. The Morgan fingerprint density at radius 2 is 1.88 bits per heavy atom. The number of benzene rings is 2. The maximum Gasteiger partial charge on any atom is 0.277 e. The van der Waals surface area contributed by atoms with Gasteiger partial charge in [0.05, 0.1) is 12.2 Å². The van der Waals surface area contributed by atoms with Crippen LogP contribution in [0.1, 0.15) is 11.5 Å². The first-order valence-electron chi connectivity index (χ1n) is 7.33. The SMILES string of the molecule is O=C(CSc1nnc(Cc2ccc(Cl)cc2)o1)Nc1cccc(Cl)c1. The molecule has 5 nitrogen and oxygen atoms in total. The van der Waals surface area contributed by atoms with E-state index in [2.05, 4.69) is 15.5 Å². The minimum Gasteiger partial charge on any atom is -0.416 e. The van der Waals surface area contributed by atoms with Crippen LogP contribution in [0, 0.1) is 0 Å². The number of rotatable bonds is 6. The van der Waals surface area contributed by atoms with Crippen LogP contribution in [0.25, 0.3) is 0 Å². The topological polar surface area (TPSA) is 68.0 Å². The minimum atomic E-state index is -0.176. The number of anilines is 1. The first-order valence-corrected chi connectivity index (χ1v) is 9.08. The summed E-state index contributed by atoms with van der Waals surface area (Å²) in [4.78, 5) is 11.9. The van der Waals surface area contributed by atoms with Crippen molar-refractivity contribution in [1.29, 1.82) is 0 Å². The average molecular weight is 394 g/mol. The van der Waals surface area contributed by atoms with Crippen molar-refractivity contribution in [1.82, 2.24) is 10.2 Å². The second-order valence-corrected chi connectivity index (χ2v) is 6.91. The highest BCUT2D eigenvalue weighted by Crippen LogP contribution is 2.20. The molecular formula is C17H13Cl2N3O2S. The van der Waals surface area contributed by atoms with Crippen molar-refractivity contribution in [3.05, 3.63) is 70.0 Å². The number of carbonyl (C=O) groups excluding carboxylic acids is 1. The number of aromatic nitrogens is 2. The summed E-state index contributed by atoms with van der Waals surface area (Å²) < 4.78 is 5.54. The Bertz CT molecular complexity index is 868. The predicted octanol–water partition coefficient (Wildman–Crippen LogP) is 4.70. The van der Waals surface area contributed by atoms with Crippen LogP contribution < -0.4 is 5.32 Å². The molecule has 3 rings (SSSR count). The van der Waals surface area contributed by atoms with E-state index in [1.54, 1.807) is 24.3 Å². The molecule has 1 N–H and O–H groups in total. The van der Waals surface area contributed by atoms with Crippen molar-refractivity contribution < 1.29 is 9.21 Å². The number of nitrogens with one attached hydrogen (secondary N) is 1. The Morgan fingerprint density at radius 3 is 2.64 bits per heavy atom. The molecule has 0 saturated carbocycles. The third-order valence-corrected chi connectivity index (χ3v) is 4.46. The highest BCUT2D eigenvalue weighted by Gasteiger charge is 2.10. The first-order chi connectivity index (χ1) is 12.1. The summed E-state index contributed by atoms with van der Waals surface area (Å²) in [5.74, 6) is 0.472. The summed E-state index contributed by atoms with van der Waals surface area (Å²) in [5, 5.41) is 12.3. The summed E-state index contributed by atoms with van der Waals surface area (Å²) in [6, 6.07) is 14.4. The van der Waals surface area contributed by atoms with Crippen LogP contribution in [0.3, 0.4) is 0 Å². The Balaban J connectivity index is 1.51. The normalized spacial score (nSPS) is 10.6. The van der Waals surface area contributed by atoms with Gasteiger partial charge in [-0.1, -0.05) is 53.2 Å². The molecule has 0 fully saturated rings. The molecule has 1 amide bonds. The quantitative estimate of drug-likeness (QED) is 0.614. The van der Waals surface area contributed by atoms with Crippen LogP contribution in [0.5, 0.6) is 0 Å². The standard InChI is InChI=1S/C17H13Cl2N3O2S/c18-12-6-4-11(5-7-12)8-16-21-22-17(24-16)25-10-15(23)20-14-3-1-2-13(19)9-14/h1-7,9H,8,10H2,(H,20,23). The fourth-order valence-corrected chi connectivity index (χ4v) is 2.93. The Morgan fingerprint density at radius 1 is 1.08 bits per heavy atom. The Labute approximate surface area is 158 Å². The summed E-state index contributed by atoms with van der Waals surface area (Å²) in [7, 11) is 0. The fourth-order valence-electron chi connectivity index (χ4n) is 2.04. The largest absolute Gasteiger partial charge is 0.416 e. The number of hydrogen-bond acceptors (Lipinski definition) is 5. The number of amides is 1. The summed E-state index contributed by atoms with van der Waals surface area (Å²) >= 11 is 12.9. The molecular weight excluding hydrogens is 381 g/mol. The van der Waals surface area contributed by atoms with E-state index in [9.17, 15) is 4.79 Å². The molecule has 0 unspecified atom stereocenters. The monoisotopic (exact) mass is 393 g/mol. The van der Waals surface area contributed by atoms with E-state index >= 15 is 0 Å². The Hall–Kier alpha value is -2.02. The zero-order valence-electron chi connectivity index (χ0n) is 12.9. The number of nitrogens with zero attached hydrogens (tertiary/aromatic N) is 2. The maximum atomic E-state index is 11.9. The number of carbonyl (C=O) groups is 1. The van der Waals surface area contributed by atoms with E-state index in [0.29, 0.717) is 33.3 Å². The van der Waals surface area contributed by atoms with Crippen molar-refractivity contribution >= 4 is 46.6 Å². The van der Waals surface area contributed by atoms with Crippen LogP contribution in [0.4, 0.5) is 5.69 Å². The van der Waals surface area contributed by atoms with Gasteiger partial charge in [-0.3, -0.25) is 4.79 Å². The molecule has 0 aliphatic heterocycles. The smallest absolute Gasteiger partial charge is 0.277 e. The van der Waals surface area contributed by atoms with Gasteiger partial charge in [-0.25, -0.2) is 0 Å². The van der Waals surface area contributed by atoms with Crippen LogP contribution >= 0.6 is 35.0 Å². The van der Waals surface area contributed by atoms with E-state index in [-0.39, 0.29) is 11.7 Å². The molecule has 0 spiro atoms. The highest BCUT2D eigenvalue weighted by molar-refractivity contribution is 7.99. The van der Waals surface area contributed by atoms with E-state index < -0.39 is 0 Å². The molecule has 25 heavy (non-hydrogen) atoms. The lowest BCUT2D eigenvalue weighted by Gasteiger charge is -2.03. The van der Waals surface area contributed by atoms with E-state index in [0.717, 1.165) is 5.56 Å². The molecule has 0 saturated heterocycles. The maximum absolute atomic E-state index is 11.9. The van der Waals surface area contributed by atoms with Crippen molar-refractivity contribution in [2.24, 2.45) is 0 Å². The third-order valence-electron chi connectivity index (χ3n) is 3.15. The molecule has 0 aliphatic rings. The van der Waals surface area contributed by atoms with E-state index in [4.69, 9.17) is 27.6 Å². The van der Waals surface area contributed by atoms with Gasteiger partial charge < -0.3 is 9.73 Å². The number of hydrogen-bond donors (Lipinski definition) is 1. The van der Waals surface area contributed by atoms with Crippen LogP contribution in [0.15, 0.2) is 58.2 Å². The van der Waals surface area contributed by atoms with Crippen LogP contribution in [-0.2, 0) is 11.2 Å². The second kappa shape index (κ2) is 8.38. The lowest BCUT2D eigenvalue weighted by atomic mass is 10.1. The van der Waals surface area contributed by atoms with Gasteiger partial charge >= 0.3 is 0 Å². The van der Waals surface area contributed by atoms with Crippen LogP contribution in [-0.4, -0.2) is 21.9 Å². The Kier molecular flexibility index (Phi) is 5.96. The zero-order valence-corrected chi connectivity index (χ0v) is 15.2. The van der Waals surface area contributed by atoms with Gasteiger partial charge in [0.15, 0.2) is 0 Å². The van der Waals surface area contributed by atoms with Crippen molar-refractivity contribution in [3.8, 4) is 0 Å². The van der Waals surface area contributed by atoms with Gasteiger partial charge in [0.1, 0.15) is 0 Å². The third kappa shape index (κ3) is 5.49. The molecule has 128 valence electrons. The van der Waals surface area contributed by atoms with Gasteiger partial charge in [-0.2, -0.15) is 0 Å². The highest BCUT2D eigenvalue weighted by atomic mass is 35.5. The number of thioether (sulfide) groups is 1. The van der Waals surface area contributed by atoms with E-state index in [1.807, 2.05) is 24.3 Å². The van der Waals surface area contributed by atoms with E-state index in [1.165, 1.54) is 11.8 Å². The molecule has 3 aromatic rings. The van der Waals surface area contributed by atoms with Gasteiger partial charge in [-0.15, -0.1) is 10.2 Å². The fraction of sp³-hybridized carbons (Fsp3) is 0.118. The summed E-state index contributed by atoms with van der Waals surface area (Å²) in [5.41, 5.74) is 1.66. The van der Waals surface area contributed by atoms with Gasteiger partial charge in [0.25, 0.3) is 5.22 Å². The molecule has 0 radical (unpaired) electrons. The lowest BCUT2D eigenvalue weighted by molar-refractivity contribution is -0.113. The first kappa shape index (κ1) is 17.8. The molecule has 0 aliphatic carbocycles. The van der Waals surface area contributed by atoms with Crippen molar-refractivity contribution in [3.63, 3.8) is 0 Å². The molecule has 8 heteroatoms. The lowest BCUT2D eigenvalue weighted by Crippen LogP contribution is -2.13. The summed E-state index contributed by atoms with van der Waals surface area (Å²) in [6.07, 6.45) is 0.513. The molecule has 2 aromatic carbocycles. The summed E-state index contributed by atoms with van der Waals surface area (Å²) in [6.45, 7) is 0. The second-order valence-electron chi connectivity index (χ2n) is 5.11. The van der Waals surface area contributed by atoms with Crippen LogP contribution in [0.2, 0.25) is 10.0 Å². The molecule has 1 aromatic heterocycles. The van der Waals surface area contributed by atoms with Gasteiger partial charge in [0.2, 0.25) is 11.8 Å². The van der Waals surface area contributed by atoms with Gasteiger partial charge in [0, 0.05) is 15.7 Å². The zero-order chi connectivity index (χ0) is 17.6. The van der Waals surface area contributed by atoms with Crippen molar-refractivity contribution in [2.75, 3.05) is 11.1 Å². The van der Waals surface area contributed by atoms with Gasteiger partial charge in [-0.05, 0) is 35.9 Å². The minimum absolute atomic E-state index is 0.162.